The van der Waals surface area contributed by atoms with Gasteiger partial charge in [-0.25, -0.2) is 4.99 Å². The van der Waals surface area contributed by atoms with E-state index in [-0.39, 0.29) is 12.5 Å². The Morgan fingerprint density at radius 3 is 2.92 bits per heavy atom. The van der Waals surface area contributed by atoms with E-state index in [4.69, 9.17) is 9.68 Å². The van der Waals surface area contributed by atoms with Gasteiger partial charge >= 0.3 is 0 Å². The molecule has 7 heteroatoms. The summed E-state index contributed by atoms with van der Waals surface area (Å²) in [6, 6.07) is 15.3. The van der Waals surface area contributed by atoms with Gasteiger partial charge in [0.05, 0.1) is 0 Å². The van der Waals surface area contributed by atoms with Crippen molar-refractivity contribution < 1.29 is 9.21 Å². The molecule has 1 unspecified atom stereocenters. The van der Waals surface area contributed by atoms with Crippen molar-refractivity contribution >= 4 is 39.9 Å². The minimum atomic E-state index is -1.02. The smallest absolute Gasteiger partial charge is 0.245 e. The maximum atomic E-state index is 12.2. The van der Waals surface area contributed by atoms with E-state index in [0.717, 1.165) is 21.9 Å². The van der Waals surface area contributed by atoms with Crippen molar-refractivity contribution in [3.05, 3.63) is 42.5 Å². The fourth-order valence-electron chi connectivity index (χ4n) is 2.82. The van der Waals surface area contributed by atoms with E-state index in [1.54, 1.807) is 13.0 Å². The van der Waals surface area contributed by atoms with Gasteiger partial charge in [0.25, 0.3) is 0 Å². The quantitative estimate of drug-likeness (QED) is 0.768. The van der Waals surface area contributed by atoms with Crippen LogP contribution in [0.5, 0.6) is 0 Å². The predicted octanol–water partition coefficient (Wildman–Crippen LogP) is 2.61. The van der Waals surface area contributed by atoms with Crippen LogP contribution in [-0.4, -0.2) is 29.5 Å². The van der Waals surface area contributed by atoms with Crippen LogP contribution in [0.1, 0.15) is 6.92 Å². The van der Waals surface area contributed by atoms with Gasteiger partial charge in [0.2, 0.25) is 11.6 Å². The van der Waals surface area contributed by atoms with Crippen LogP contribution in [0.15, 0.2) is 51.9 Å². The van der Waals surface area contributed by atoms with Crippen LogP contribution in [0.3, 0.4) is 0 Å². The third kappa shape index (κ3) is 2.79. The number of nitrogens with zero attached hydrogens (tertiary/aromatic N) is 3. The summed E-state index contributed by atoms with van der Waals surface area (Å²) in [7, 11) is 0. The van der Waals surface area contributed by atoms with Crippen molar-refractivity contribution in [2.24, 2.45) is 4.99 Å². The molecule has 4 rings (SSSR count). The number of hydrogen-bond donors (Lipinski definition) is 2. The number of aliphatic imine (C=N–C) groups is 1. The van der Waals surface area contributed by atoms with Crippen molar-refractivity contribution in [2.45, 2.75) is 12.6 Å². The number of para-hydroxylation sites is 1. The molecule has 0 radical (unpaired) electrons. The summed E-state index contributed by atoms with van der Waals surface area (Å²) in [5.41, 5.74) is 4.11. The molecule has 2 heterocycles. The SMILES string of the molecule is CC1(C#N)N=CN(CC(=O)Nc2ccc3oc4ccccc4c3c2)N1. The van der Waals surface area contributed by atoms with Crippen LogP contribution < -0.4 is 10.7 Å². The largest absolute Gasteiger partial charge is 0.456 e. The number of benzene rings is 2. The molecule has 1 aromatic heterocycles. The second kappa shape index (κ2) is 5.61. The molecule has 0 spiro atoms. The van der Waals surface area contributed by atoms with E-state index in [1.165, 1.54) is 11.3 Å². The normalized spacial score (nSPS) is 19.4. The number of fused-ring (bicyclic) bond motifs is 3. The lowest BCUT2D eigenvalue weighted by atomic mass is 10.1. The lowest BCUT2D eigenvalue weighted by Crippen LogP contribution is -2.46. The molecule has 0 saturated carbocycles. The van der Waals surface area contributed by atoms with Crippen molar-refractivity contribution in [2.75, 3.05) is 11.9 Å². The Kier molecular flexibility index (Phi) is 3.41. The number of amides is 1. The van der Waals surface area contributed by atoms with Crippen LogP contribution in [0.4, 0.5) is 5.69 Å². The van der Waals surface area contributed by atoms with E-state index in [1.807, 2.05) is 42.5 Å². The van der Waals surface area contributed by atoms with Gasteiger partial charge < -0.3 is 9.73 Å². The van der Waals surface area contributed by atoms with E-state index in [2.05, 4.69) is 15.7 Å². The van der Waals surface area contributed by atoms with Gasteiger partial charge in [0.15, 0.2) is 0 Å². The molecule has 0 fully saturated rings. The van der Waals surface area contributed by atoms with E-state index < -0.39 is 5.66 Å². The molecule has 1 atom stereocenters. The maximum Gasteiger partial charge on any atom is 0.245 e. The van der Waals surface area contributed by atoms with Gasteiger partial charge in [-0.15, -0.1) is 0 Å². The molecular formula is C18H15N5O2. The highest BCUT2D eigenvalue weighted by atomic mass is 16.3. The lowest BCUT2D eigenvalue weighted by molar-refractivity contribution is -0.116. The summed E-state index contributed by atoms with van der Waals surface area (Å²) in [4.78, 5) is 16.3. The van der Waals surface area contributed by atoms with Crippen molar-refractivity contribution in [1.29, 1.82) is 5.26 Å². The van der Waals surface area contributed by atoms with E-state index in [9.17, 15) is 4.79 Å². The lowest BCUT2D eigenvalue weighted by Gasteiger charge is -2.19. The number of nitrogens with one attached hydrogen (secondary N) is 2. The Bertz CT molecular complexity index is 1050. The molecule has 7 nitrogen and oxygen atoms in total. The van der Waals surface area contributed by atoms with Gasteiger partial charge in [-0.05, 0) is 31.2 Å². The number of carbonyl (C=O) groups is 1. The fourth-order valence-corrected chi connectivity index (χ4v) is 2.82. The number of nitriles is 1. The first-order valence-electron chi connectivity index (χ1n) is 7.78. The fraction of sp³-hybridized carbons (Fsp3) is 0.167. The van der Waals surface area contributed by atoms with E-state index in [0.29, 0.717) is 5.69 Å². The molecule has 1 aliphatic heterocycles. The Labute approximate surface area is 143 Å². The van der Waals surface area contributed by atoms with E-state index >= 15 is 0 Å². The highest BCUT2D eigenvalue weighted by molar-refractivity contribution is 6.07. The Morgan fingerprint density at radius 1 is 1.32 bits per heavy atom. The molecule has 124 valence electrons. The third-order valence-corrected chi connectivity index (χ3v) is 4.01. The van der Waals surface area contributed by atoms with Gasteiger partial charge in [-0.1, -0.05) is 18.2 Å². The zero-order valence-electron chi connectivity index (χ0n) is 13.5. The average Bonchev–Trinajstić information content (AvgIpc) is 3.16. The first kappa shape index (κ1) is 15.2. The summed E-state index contributed by atoms with van der Waals surface area (Å²) < 4.78 is 5.78. The van der Waals surface area contributed by atoms with Crippen molar-refractivity contribution in [1.82, 2.24) is 10.4 Å². The zero-order chi connectivity index (χ0) is 17.4. The molecule has 0 aliphatic carbocycles. The first-order valence-corrected chi connectivity index (χ1v) is 7.78. The Balaban J connectivity index is 1.51. The predicted molar refractivity (Wildman–Crippen MR) is 94.7 cm³/mol. The second-order valence-corrected chi connectivity index (χ2v) is 6.03. The summed E-state index contributed by atoms with van der Waals surface area (Å²) in [6.45, 7) is 1.68. The number of furan rings is 1. The molecule has 2 aromatic carbocycles. The number of anilines is 1. The molecule has 0 bridgehead atoms. The highest BCUT2D eigenvalue weighted by Crippen LogP contribution is 2.30. The van der Waals surface area contributed by atoms with Crippen LogP contribution in [0, 0.1) is 11.3 Å². The summed E-state index contributed by atoms with van der Waals surface area (Å²) in [6.07, 6.45) is 1.45. The standard InChI is InChI=1S/C18H15N5O2/c1-18(10-19)20-11-23(22-18)9-17(24)21-12-6-7-16-14(8-12)13-4-2-3-5-15(13)25-16/h2-8,11,22H,9H2,1H3,(H,21,24). The minimum Gasteiger partial charge on any atom is -0.456 e. The van der Waals surface area contributed by atoms with Crippen molar-refractivity contribution in [3.8, 4) is 6.07 Å². The van der Waals surface area contributed by atoms with Gasteiger partial charge in [0, 0.05) is 16.5 Å². The molecule has 2 N–H and O–H groups in total. The number of hydrogen-bond acceptors (Lipinski definition) is 6. The van der Waals surface area contributed by atoms with Gasteiger partial charge in [0.1, 0.15) is 30.1 Å². The Hall–Kier alpha value is -3.37. The van der Waals surface area contributed by atoms with Crippen LogP contribution >= 0.6 is 0 Å². The first-order chi connectivity index (χ1) is 12.1. The van der Waals surface area contributed by atoms with Crippen LogP contribution in [0.25, 0.3) is 21.9 Å². The van der Waals surface area contributed by atoms with Gasteiger partial charge in [-0.2, -0.15) is 10.7 Å². The maximum absolute atomic E-state index is 12.2. The topological polar surface area (TPSA) is 93.7 Å². The summed E-state index contributed by atoms with van der Waals surface area (Å²) in [5, 5.41) is 15.3. The number of rotatable bonds is 3. The van der Waals surface area contributed by atoms with Crippen molar-refractivity contribution in [3.63, 3.8) is 0 Å². The minimum absolute atomic E-state index is 0.0466. The molecule has 3 aromatic rings. The molecular weight excluding hydrogens is 318 g/mol. The zero-order valence-corrected chi connectivity index (χ0v) is 13.5. The molecule has 25 heavy (non-hydrogen) atoms. The Morgan fingerprint density at radius 2 is 2.12 bits per heavy atom. The monoisotopic (exact) mass is 333 g/mol. The molecule has 0 saturated heterocycles. The molecule has 1 amide bonds. The second-order valence-electron chi connectivity index (χ2n) is 6.03. The molecule has 1 aliphatic rings. The van der Waals surface area contributed by atoms with Gasteiger partial charge in [-0.3, -0.25) is 9.80 Å². The summed E-state index contributed by atoms with van der Waals surface area (Å²) in [5.74, 6) is -0.215. The average molecular weight is 333 g/mol. The summed E-state index contributed by atoms with van der Waals surface area (Å²) >= 11 is 0. The van der Waals surface area contributed by atoms with Crippen LogP contribution in [0.2, 0.25) is 0 Å². The number of hydrazine groups is 1. The third-order valence-electron chi connectivity index (χ3n) is 4.01. The number of carbonyl (C=O) groups excluding carboxylic acids is 1. The van der Waals surface area contributed by atoms with Crippen LogP contribution in [-0.2, 0) is 4.79 Å². The highest BCUT2D eigenvalue weighted by Gasteiger charge is 2.29.